The number of nitrogens with zero attached hydrogens (tertiary/aromatic N) is 1. The molecule has 0 saturated carbocycles. The summed E-state index contributed by atoms with van der Waals surface area (Å²) in [4.78, 5) is 74.1. The lowest BCUT2D eigenvalue weighted by Gasteiger charge is -2.23. The SMILES string of the molecule is CON=Cc1cc2c(I)c3c(c(O)c2c(=O)[nH]1)[C@@]1(CC3)C(=O)c2c(O)c3c(c(O)c2C1=O)C(=O)C(OC)=CC3=O. The molecule has 13 heteroatoms. The zero-order valence-electron chi connectivity index (χ0n) is 20.7. The van der Waals surface area contributed by atoms with E-state index in [9.17, 15) is 39.3 Å². The molecule has 0 unspecified atom stereocenters. The molecule has 12 nitrogen and oxygen atoms in total. The minimum atomic E-state index is -2.11. The van der Waals surface area contributed by atoms with E-state index < -0.39 is 79.4 Å². The molecular formula is C27H17IN2O10. The van der Waals surface area contributed by atoms with Crippen molar-refractivity contribution < 1.29 is 44.1 Å². The topological polar surface area (TPSA) is 193 Å². The zero-order valence-corrected chi connectivity index (χ0v) is 22.8. The fraction of sp³-hybridized carbons (Fsp3) is 0.185. The van der Waals surface area contributed by atoms with Crippen LogP contribution >= 0.6 is 22.6 Å². The second-order valence-corrected chi connectivity index (χ2v) is 10.5. The molecular weight excluding hydrogens is 639 g/mol. The van der Waals surface area contributed by atoms with Gasteiger partial charge in [0.2, 0.25) is 5.78 Å². The van der Waals surface area contributed by atoms with Gasteiger partial charge in [-0.05, 0) is 47.1 Å². The maximum Gasteiger partial charge on any atom is 0.260 e. The third-order valence-electron chi connectivity index (χ3n) is 7.66. The number of phenolic OH excluding ortho intramolecular Hbond substituents is 3. The molecule has 1 spiro atoms. The fourth-order valence-corrected chi connectivity index (χ4v) is 6.95. The van der Waals surface area contributed by atoms with Gasteiger partial charge in [-0.1, -0.05) is 5.16 Å². The number of rotatable bonds is 3. The van der Waals surface area contributed by atoms with Crippen LogP contribution in [-0.4, -0.2) is 63.9 Å². The number of Topliss-reactive ketones (excluding diaryl/α,β-unsaturated/α-hetero) is 3. The number of carbonyl (C=O) groups is 4. The van der Waals surface area contributed by atoms with Crippen LogP contribution in [0.3, 0.4) is 0 Å². The van der Waals surface area contributed by atoms with Crippen LogP contribution in [0.4, 0.5) is 0 Å². The van der Waals surface area contributed by atoms with Crippen LogP contribution in [0.15, 0.2) is 27.9 Å². The molecule has 1 heterocycles. The van der Waals surface area contributed by atoms with Crippen LogP contribution in [0.1, 0.15) is 64.7 Å². The Bertz CT molecular complexity index is 1920. The van der Waals surface area contributed by atoms with E-state index in [2.05, 4.69) is 15.0 Å². The number of carbonyl (C=O) groups excluding carboxylic acids is 4. The Morgan fingerprint density at radius 3 is 2.25 bits per heavy atom. The Kier molecular flexibility index (Phi) is 5.46. The van der Waals surface area contributed by atoms with Crippen LogP contribution < -0.4 is 5.56 Å². The minimum absolute atomic E-state index is 0.121. The van der Waals surface area contributed by atoms with E-state index in [1.165, 1.54) is 13.3 Å². The van der Waals surface area contributed by atoms with E-state index in [0.29, 0.717) is 14.5 Å². The first-order valence-corrected chi connectivity index (χ1v) is 12.8. The first-order valence-electron chi connectivity index (χ1n) is 11.7. The second kappa shape index (κ2) is 8.48. The van der Waals surface area contributed by atoms with Gasteiger partial charge in [-0.3, -0.25) is 24.0 Å². The molecule has 0 saturated heterocycles. The fourth-order valence-electron chi connectivity index (χ4n) is 5.98. The number of ketones is 4. The monoisotopic (exact) mass is 656 g/mol. The Labute approximate surface area is 237 Å². The summed E-state index contributed by atoms with van der Waals surface area (Å²) in [6.07, 6.45) is 2.06. The first-order chi connectivity index (χ1) is 19.0. The highest BCUT2D eigenvalue weighted by Crippen LogP contribution is 2.58. The molecule has 3 aromatic rings. The number of hydrogen-bond acceptors (Lipinski definition) is 11. The molecule has 202 valence electrons. The molecule has 0 aliphatic heterocycles. The van der Waals surface area contributed by atoms with Crippen molar-refractivity contribution in [2.24, 2.45) is 5.16 Å². The Hall–Kier alpha value is -4.53. The quantitative estimate of drug-likeness (QED) is 0.107. The van der Waals surface area contributed by atoms with Crippen LogP contribution in [0.25, 0.3) is 10.8 Å². The number of fused-ring (bicyclic) bond motifs is 5. The lowest BCUT2D eigenvalue weighted by Crippen LogP contribution is -2.36. The van der Waals surface area contributed by atoms with E-state index in [0.717, 1.165) is 13.2 Å². The maximum atomic E-state index is 14.1. The van der Waals surface area contributed by atoms with Crippen molar-refractivity contribution in [2.75, 3.05) is 14.2 Å². The van der Waals surface area contributed by atoms with E-state index in [-0.39, 0.29) is 29.5 Å². The summed E-state index contributed by atoms with van der Waals surface area (Å²) in [6.45, 7) is 0. The first kappa shape index (κ1) is 25.7. The number of aromatic amines is 1. The summed E-state index contributed by atoms with van der Waals surface area (Å²) in [5.74, 6) is -6.68. The van der Waals surface area contributed by atoms with E-state index in [4.69, 9.17) is 4.74 Å². The molecule has 4 N–H and O–H groups in total. The standard InChI is InChI=1S/C27H17IN2O10/c1-39-12-6-11(31)14-15(20(12)32)22(34)17-16(21(14)33)24(36)27(25(17)37)4-3-9-18(27)23(35)13-10(19(9)28)5-8(7-29-40-2)30-26(13)38/h5-7,33-35H,3-4H2,1-2H3,(H,30,38)/t27-/m0/s1. The Balaban J connectivity index is 1.64. The second-order valence-electron chi connectivity index (χ2n) is 9.44. The van der Waals surface area contributed by atoms with E-state index in [1.807, 2.05) is 22.6 Å². The zero-order chi connectivity index (χ0) is 28.8. The van der Waals surface area contributed by atoms with Crippen molar-refractivity contribution in [3.63, 3.8) is 0 Å². The molecule has 2 aromatic carbocycles. The van der Waals surface area contributed by atoms with Gasteiger partial charge in [0.15, 0.2) is 23.1 Å². The van der Waals surface area contributed by atoms with Crippen molar-refractivity contribution in [2.45, 2.75) is 18.3 Å². The molecule has 3 aliphatic carbocycles. The summed E-state index contributed by atoms with van der Waals surface area (Å²) in [5.41, 5.74) is -4.79. The van der Waals surface area contributed by atoms with Gasteiger partial charge in [-0.15, -0.1) is 0 Å². The predicted molar refractivity (Wildman–Crippen MR) is 146 cm³/mol. The predicted octanol–water partition coefficient (Wildman–Crippen LogP) is 2.40. The maximum absolute atomic E-state index is 14.1. The highest BCUT2D eigenvalue weighted by atomic mass is 127. The third-order valence-corrected chi connectivity index (χ3v) is 8.89. The molecule has 40 heavy (non-hydrogen) atoms. The van der Waals surface area contributed by atoms with Crippen molar-refractivity contribution in [1.82, 2.24) is 4.98 Å². The number of pyridine rings is 1. The summed E-state index contributed by atoms with van der Waals surface area (Å²) in [5, 5.41) is 37.4. The number of aromatic hydroxyl groups is 3. The molecule has 1 atom stereocenters. The Morgan fingerprint density at radius 1 is 0.975 bits per heavy atom. The van der Waals surface area contributed by atoms with Gasteiger partial charge in [0.25, 0.3) is 5.56 Å². The number of hydrogen-bond donors (Lipinski definition) is 4. The number of allylic oxidation sites excluding steroid dienone is 2. The van der Waals surface area contributed by atoms with Gasteiger partial charge in [-0.25, -0.2) is 0 Å². The van der Waals surface area contributed by atoms with E-state index in [1.54, 1.807) is 6.07 Å². The smallest absolute Gasteiger partial charge is 0.260 e. The van der Waals surface area contributed by atoms with Crippen LogP contribution in [0.2, 0.25) is 0 Å². The van der Waals surface area contributed by atoms with Crippen LogP contribution in [0, 0.1) is 3.57 Å². The number of halogens is 1. The molecule has 0 bridgehead atoms. The average molecular weight is 656 g/mol. The van der Waals surface area contributed by atoms with Crippen molar-refractivity contribution in [3.8, 4) is 17.2 Å². The van der Waals surface area contributed by atoms with Crippen molar-refractivity contribution >= 4 is 62.7 Å². The van der Waals surface area contributed by atoms with E-state index >= 15 is 0 Å². The summed E-state index contributed by atoms with van der Waals surface area (Å²) >= 11 is 1.96. The van der Waals surface area contributed by atoms with Gasteiger partial charge in [0.1, 0.15) is 29.8 Å². The van der Waals surface area contributed by atoms with Crippen LogP contribution in [-0.2, 0) is 21.4 Å². The van der Waals surface area contributed by atoms with Gasteiger partial charge in [0, 0.05) is 20.6 Å². The number of oxime groups is 1. The lowest BCUT2D eigenvalue weighted by molar-refractivity contribution is 0.0790. The summed E-state index contributed by atoms with van der Waals surface area (Å²) in [6, 6.07) is 1.56. The van der Waals surface area contributed by atoms with Gasteiger partial charge in [0.05, 0.1) is 46.7 Å². The Morgan fingerprint density at radius 2 is 1.62 bits per heavy atom. The molecule has 3 aliphatic rings. The minimum Gasteiger partial charge on any atom is -0.507 e. The molecule has 1 aromatic heterocycles. The molecule has 6 rings (SSSR count). The van der Waals surface area contributed by atoms with Gasteiger partial charge < -0.3 is 29.9 Å². The molecule has 0 amide bonds. The third kappa shape index (κ3) is 2.94. The average Bonchev–Trinajstić information content (AvgIpc) is 3.43. The lowest BCUT2D eigenvalue weighted by atomic mass is 9.76. The molecule has 0 fully saturated rings. The highest BCUT2D eigenvalue weighted by Gasteiger charge is 2.62. The molecule has 0 radical (unpaired) electrons. The van der Waals surface area contributed by atoms with Crippen LogP contribution in [0.5, 0.6) is 17.2 Å². The summed E-state index contributed by atoms with van der Waals surface area (Å²) < 4.78 is 5.41. The highest BCUT2D eigenvalue weighted by molar-refractivity contribution is 14.1. The number of H-pyrrole nitrogens is 1. The van der Waals surface area contributed by atoms with Crippen molar-refractivity contribution in [3.05, 3.63) is 70.9 Å². The number of benzene rings is 2. The number of methoxy groups -OCH3 is 1. The number of phenols is 3. The number of aromatic nitrogens is 1. The number of nitrogens with one attached hydrogen (secondary N) is 1. The normalized spacial score (nSPS) is 19.4. The van der Waals surface area contributed by atoms with Gasteiger partial charge in [-0.2, -0.15) is 0 Å². The summed E-state index contributed by atoms with van der Waals surface area (Å²) in [7, 11) is 2.46. The van der Waals surface area contributed by atoms with Gasteiger partial charge >= 0.3 is 0 Å². The van der Waals surface area contributed by atoms with Crippen molar-refractivity contribution in [1.29, 1.82) is 0 Å². The number of ether oxygens (including phenoxy) is 1. The largest absolute Gasteiger partial charge is 0.507 e.